The summed E-state index contributed by atoms with van der Waals surface area (Å²) < 4.78 is 0. The third kappa shape index (κ3) is 5.62. The minimum absolute atomic E-state index is 0.438. The van der Waals surface area contributed by atoms with Crippen LogP contribution in [-0.2, 0) is 0 Å². The lowest BCUT2D eigenvalue weighted by atomic mass is 10.1. The molecule has 1 aliphatic heterocycles. The Bertz CT molecular complexity index is 416. The van der Waals surface area contributed by atoms with E-state index in [-0.39, 0.29) is 0 Å². The predicted octanol–water partition coefficient (Wildman–Crippen LogP) is 2.70. The van der Waals surface area contributed by atoms with Crippen molar-refractivity contribution in [3.05, 3.63) is 29.8 Å². The molecule has 1 heterocycles. The van der Waals surface area contributed by atoms with Crippen LogP contribution in [0.3, 0.4) is 0 Å². The van der Waals surface area contributed by atoms with E-state index in [4.69, 9.17) is 0 Å². The fraction of sp³-hybridized carbons (Fsp3) is 0.647. The normalized spacial score (nSPS) is 18.8. The van der Waals surface area contributed by atoms with E-state index >= 15 is 0 Å². The van der Waals surface area contributed by atoms with Crippen molar-refractivity contribution in [1.29, 1.82) is 0 Å². The molecule has 1 atom stereocenters. The lowest BCUT2D eigenvalue weighted by Crippen LogP contribution is -2.45. The zero-order chi connectivity index (χ0) is 15.1. The summed E-state index contributed by atoms with van der Waals surface area (Å²) in [6, 6.07) is 9.41. The molecule has 3 nitrogen and oxygen atoms in total. The first kappa shape index (κ1) is 16.8. The van der Waals surface area contributed by atoms with Gasteiger partial charge in [0.05, 0.1) is 0 Å². The van der Waals surface area contributed by atoms with Gasteiger partial charge in [-0.3, -0.25) is 4.90 Å². The number of nitrogens with zero attached hydrogens (tertiary/aromatic N) is 2. The molecule has 0 aromatic heterocycles. The van der Waals surface area contributed by atoms with Gasteiger partial charge in [0, 0.05) is 49.4 Å². The van der Waals surface area contributed by atoms with Crippen LogP contribution in [0, 0.1) is 0 Å². The molecule has 118 valence electrons. The third-order valence-corrected chi connectivity index (χ3v) is 5.11. The van der Waals surface area contributed by atoms with Gasteiger partial charge in [0.15, 0.2) is 0 Å². The Morgan fingerprint density at radius 2 is 2.00 bits per heavy atom. The number of piperazine rings is 1. The zero-order valence-corrected chi connectivity index (χ0v) is 14.5. The van der Waals surface area contributed by atoms with E-state index in [2.05, 4.69) is 60.3 Å². The highest BCUT2D eigenvalue weighted by Gasteiger charge is 2.13. The van der Waals surface area contributed by atoms with Crippen LogP contribution in [0.4, 0.5) is 0 Å². The number of hydrogen-bond acceptors (Lipinski definition) is 4. The lowest BCUT2D eigenvalue weighted by Gasteiger charge is -2.32. The van der Waals surface area contributed by atoms with E-state index in [0.29, 0.717) is 6.04 Å². The maximum atomic E-state index is 3.48. The van der Waals surface area contributed by atoms with Crippen molar-refractivity contribution >= 4 is 11.8 Å². The van der Waals surface area contributed by atoms with Crippen LogP contribution in [-0.4, -0.2) is 61.9 Å². The van der Waals surface area contributed by atoms with Crippen molar-refractivity contribution in [1.82, 2.24) is 15.1 Å². The van der Waals surface area contributed by atoms with Crippen LogP contribution < -0.4 is 5.32 Å². The number of benzene rings is 1. The van der Waals surface area contributed by atoms with Crippen molar-refractivity contribution in [3.8, 4) is 0 Å². The molecule has 0 radical (unpaired) electrons. The molecular weight excluding hydrogens is 278 g/mol. The van der Waals surface area contributed by atoms with Crippen molar-refractivity contribution in [2.45, 2.75) is 24.8 Å². The largest absolute Gasteiger partial charge is 0.310 e. The van der Waals surface area contributed by atoms with Crippen molar-refractivity contribution in [2.75, 3.05) is 52.1 Å². The van der Waals surface area contributed by atoms with Crippen molar-refractivity contribution < 1.29 is 0 Å². The highest BCUT2D eigenvalue weighted by molar-refractivity contribution is 7.99. The molecule has 0 aliphatic carbocycles. The molecule has 4 heteroatoms. The van der Waals surface area contributed by atoms with E-state index in [9.17, 15) is 0 Å². The maximum absolute atomic E-state index is 3.48. The van der Waals surface area contributed by atoms with Crippen LogP contribution in [0.25, 0.3) is 0 Å². The summed E-state index contributed by atoms with van der Waals surface area (Å²) in [5, 5.41) is 3.48. The summed E-state index contributed by atoms with van der Waals surface area (Å²) in [4.78, 5) is 6.39. The molecule has 1 fully saturated rings. The van der Waals surface area contributed by atoms with Gasteiger partial charge in [-0.15, -0.1) is 11.8 Å². The minimum atomic E-state index is 0.438. The van der Waals surface area contributed by atoms with Crippen LogP contribution in [0.1, 0.15) is 25.5 Å². The predicted molar refractivity (Wildman–Crippen MR) is 93.2 cm³/mol. The van der Waals surface area contributed by atoms with E-state index in [1.165, 1.54) is 48.9 Å². The standard InChI is InChI=1S/C17H29N3S/c1-4-18-15(2)16-6-5-7-17(14-16)21-13-12-20-10-8-19(3)9-11-20/h5-7,14-15,18H,4,8-13H2,1-3H3. The van der Waals surface area contributed by atoms with Gasteiger partial charge in [-0.2, -0.15) is 0 Å². The second kappa shape index (κ2) is 8.79. The summed E-state index contributed by atoms with van der Waals surface area (Å²) in [7, 11) is 2.21. The first-order chi connectivity index (χ1) is 10.2. The van der Waals surface area contributed by atoms with Gasteiger partial charge in [0.25, 0.3) is 0 Å². The summed E-state index contributed by atoms with van der Waals surface area (Å²) in [5.41, 5.74) is 1.39. The summed E-state index contributed by atoms with van der Waals surface area (Å²) in [6.07, 6.45) is 0. The second-order valence-corrected chi connectivity index (χ2v) is 7.01. The van der Waals surface area contributed by atoms with Crippen molar-refractivity contribution in [3.63, 3.8) is 0 Å². The fourth-order valence-corrected chi connectivity index (χ4v) is 3.64. The summed E-state index contributed by atoms with van der Waals surface area (Å²) in [6.45, 7) is 11.5. The highest BCUT2D eigenvalue weighted by Crippen LogP contribution is 2.22. The molecule has 1 unspecified atom stereocenters. The van der Waals surface area contributed by atoms with Gasteiger partial charge in [-0.25, -0.2) is 0 Å². The Labute approximate surface area is 134 Å². The van der Waals surface area contributed by atoms with Gasteiger partial charge in [-0.05, 0) is 38.2 Å². The quantitative estimate of drug-likeness (QED) is 0.780. The van der Waals surface area contributed by atoms with Gasteiger partial charge < -0.3 is 10.2 Å². The van der Waals surface area contributed by atoms with Gasteiger partial charge >= 0.3 is 0 Å². The fourth-order valence-electron chi connectivity index (χ4n) is 2.66. The Morgan fingerprint density at radius 1 is 1.24 bits per heavy atom. The first-order valence-electron chi connectivity index (χ1n) is 8.06. The monoisotopic (exact) mass is 307 g/mol. The summed E-state index contributed by atoms with van der Waals surface area (Å²) >= 11 is 1.98. The second-order valence-electron chi connectivity index (χ2n) is 5.85. The summed E-state index contributed by atoms with van der Waals surface area (Å²) in [5.74, 6) is 1.18. The zero-order valence-electron chi connectivity index (χ0n) is 13.6. The number of hydrogen-bond donors (Lipinski definition) is 1. The Hall–Kier alpha value is -0.550. The Balaban J connectivity index is 1.76. The topological polar surface area (TPSA) is 18.5 Å². The van der Waals surface area contributed by atoms with Gasteiger partial charge in [-0.1, -0.05) is 19.1 Å². The number of rotatable bonds is 7. The SMILES string of the molecule is CCNC(C)c1cccc(SCCN2CCN(C)CC2)c1. The molecule has 1 aliphatic rings. The smallest absolute Gasteiger partial charge is 0.0292 e. The molecular formula is C17H29N3S. The molecule has 0 bridgehead atoms. The molecule has 2 rings (SSSR count). The molecule has 1 aromatic rings. The number of likely N-dealkylation sites (N-methyl/N-ethyl adjacent to an activating group) is 1. The number of thioether (sulfide) groups is 1. The molecule has 1 saturated heterocycles. The average Bonchev–Trinajstić information content (AvgIpc) is 2.50. The molecule has 21 heavy (non-hydrogen) atoms. The third-order valence-electron chi connectivity index (χ3n) is 4.14. The van der Waals surface area contributed by atoms with Crippen LogP contribution in [0.15, 0.2) is 29.2 Å². The Morgan fingerprint density at radius 3 is 2.71 bits per heavy atom. The lowest BCUT2D eigenvalue weighted by molar-refractivity contribution is 0.161. The van der Waals surface area contributed by atoms with E-state index in [1.807, 2.05) is 11.8 Å². The Kier molecular flexibility index (Phi) is 7.04. The van der Waals surface area contributed by atoms with Gasteiger partial charge in [0.2, 0.25) is 0 Å². The van der Waals surface area contributed by atoms with Crippen LogP contribution in [0.5, 0.6) is 0 Å². The van der Waals surface area contributed by atoms with Gasteiger partial charge in [0.1, 0.15) is 0 Å². The molecule has 0 amide bonds. The molecule has 0 saturated carbocycles. The van der Waals surface area contributed by atoms with Crippen LogP contribution in [0.2, 0.25) is 0 Å². The molecule has 0 spiro atoms. The minimum Gasteiger partial charge on any atom is -0.310 e. The molecule has 1 aromatic carbocycles. The average molecular weight is 308 g/mol. The maximum Gasteiger partial charge on any atom is 0.0292 e. The van der Waals surface area contributed by atoms with E-state index in [1.54, 1.807) is 0 Å². The van der Waals surface area contributed by atoms with E-state index < -0.39 is 0 Å². The first-order valence-corrected chi connectivity index (χ1v) is 9.04. The highest BCUT2D eigenvalue weighted by atomic mass is 32.2. The van der Waals surface area contributed by atoms with Crippen LogP contribution >= 0.6 is 11.8 Å². The van der Waals surface area contributed by atoms with E-state index in [0.717, 1.165) is 6.54 Å². The molecule has 1 N–H and O–H groups in total. The number of nitrogens with one attached hydrogen (secondary N) is 1. The van der Waals surface area contributed by atoms with Crippen molar-refractivity contribution in [2.24, 2.45) is 0 Å².